The van der Waals surface area contributed by atoms with Gasteiger partial charge in [-0.25, -0.2) is 13.1 Å². The van der Waals surface area contributed by atoms with E-state index in [2.05, 4.69) is 27.3 Å². The van der Waals surface area contributed by atoms with Crippen LogP contribution in [0.2, 0.25) is 0 Å². The zero-order chi connectivity index (χ0) is 11.5. The third-order valence-corrected chi connectivity index (χ3v) is 4.17. The van der Waals surface area contributed by atoms with Crippen molar-refractivity contribution in [3.63, 3.8) is 0 Å². The van der Waals surface area contributed by atoms with Gasteiger partial charge in [0.25, 0.3) is 0 Å². The van der Waals surface area contributed by atoms with Crippen LogP contribution in [0, 0.1) is 13.8 Å². The lowest BCUT2D eigenvalue weighted by Crippen LogP contribution is -2.26. The standard InChI is InChI=1S/C10H14INO2S/c1-8-3-4-10(9(2)7-8)15(13,14)12-6-5-11/h3-4,7,12H,5-6H2,1-2H3. The molecule has 5 heteroatoms. The second kappa shape index (κ2) is 5.27. The monoisotopic (exact) mass is 339 g/mol. The van der Waals surface area contributed by atoms with Gasteiger partial charge in [-0.05, 0) is 25.5 Å². The maximum Gasteiger partial charge on any atom is 0.240 e. The summed E-state index contributed by atoms with van der Waals surface area (Å²) in [6.07, 6.45) is 0. The van der Waals surface area contributed by atoms with Crippen LogP contribution in [0.1, 0.15) is 11.1 Å². The molecule has 0 aliphatic rings. The molecular weight excluding hydrogens is 325 g/mol. The van der Waals surface area contributed by atoms with Crippen LogP contribution in [0.4, 0.5) is 0 Å². The summed E-state index contributed by atoms with van der Waals surface area (Å²) in [4.78, 5) is 0.373. The van der Waals surface area contributed by atoms with Crippen molar-refractivity contribution >= 4 is 32.6 Å². The number of hydrogen-bond acceptors (Lipinski definition) is 2. The molecule has 0 aliphatic carbocycles. The Labute approximate surface area is 104 Å². The van der Waals surface area contributed by atoms with E-state index in [-0.39, 0.29) is 0 Å². The van der Waals surface area contributed by atoms with Gasteiger partial charge in [-0.15, -0.1) is 0 Å². The van der Waals surface area contributed by atoms with Crippen molar-refractivity contribution in [2.24, 2.45) is 0 Å². The second-order valence-electron chi connectivity index (χ2n) is 3.36. The predicted molar refractivity (Wildman–Crippen MR) is 70.0 cm³/mol. The summed E-state index contributed by atoms with van der Waals surface area (Å²) in [5.74, 6) is 0. The fourth-order valence-electron chi connectivity index (χ4n) is 1.35. The smallest absolute Gasteiger partial charge is 0.210 e. The summed E-state index contributed by atoms with van der Waals surface area (Å²) in [6.45, 7) is 4.23. The van der Waals surface area contributed by atoms with Crippen LogP contribution >= 0.6 is 22.6 Å². The van der Waals surface area contributed by atoms with Crippen molar-refractivity contribution in [3.8, 4) is 0 Å². The van der Waals surface area contributed by atoms with Crippen molar-refractivity contribution < 1.29 is 8.42 Å². The molecule has 1 N–H and O–H groups in total. The molecule has 84 valence electrons. The van der Waals surface area contributed by atoms with Crippen molar-refractivity contribution in [3.05, 3.63) is 29.3 Å². The number of alkyl halides is 1. The first-order chi connectivity index (χ1) is 6.97. The van der Waals surface area contributed by atoms with Gasteiger partial charge < -0.3 is 0 Å². The Hall–Kier alpha value is -0.140. The summed E-state index contributed by atoms with van der Waals surface area (Å²) in [7, 11) is -3.32. The fraction of sp³-hybridized carbons (Fsp3) is 0.400. The highest BCUT2D eigenvalue weighted by molar-refractivity contribution is 14.1. The molecule has 0 spiro atoms. The van der Waals surface area contributed by atoms with Gasteiger partial charge in [0.1, 0.15) is 0 Å². The van der Waals surface area contributed by atoms with E-state index in [0.717, 1.165) is 15.6 Å². The van der Waals surface area contributed by atoms with E-state index in [1.807, 2.05) is 26.0 Å². The Bertz CT molecular complexity index is 443. The molecule has 1 aromatic carbocycles. The van der Waals surface area contributed by atoms with E-state index in [1.165, 1.54) is 0 Å². The number of sulfonamides is 1. The van der Waals surface area contributed by atoms with E-state index in [9.17, 15) is 8.42 Å². The number of halogens is 1. The first kappa shape index (κ1) is 12.9. The van der Waals surface area contributed by atoms with Crippen LogP contribution < -0.4 is 4.72 Å². The molecule has 3 nitrogen and oxygen atoms in total. The quantitative estimate of drug-likeness (QED) is 0.674. The predicted octanol–water partition coefficient (Wildman–Crippen LogP) is 2.02. The molecule has 0 bridgehead atoms. The highest BCUT2D eigenvalue weighted by Crippen LogP contribution is 2.15. The lowest BCUT2D eigenvalue weighted by Gasteiger charge is -2.08. The van der Waals surface area contributed by atoms with Gasteiger partial charge in [-0.3, -0.25) is 0 Å². The topological polar surface area (TPSA) is 46.2 Å². The zero-order valence-corrected chi connectivity index (χ0v) is 11.7. The van der Waals surface area contributed by atoms with E-state index in [1.54, 1.807) is 6.07 Å². The van der Waals surface area contributed by atoms with Crippen LogP contribution in [0.15, 0.2) is 23.1 Å². The molecule has 0 aliphatic heterocycles. The number of nitrogens with one attached hydrogen (secondary N) is 1. The Kier molecular flexibility index (Phi) is 4.54. The van der Waals surface area contributed by atoms with Gasteiger partial charge in [-0.2, -0.15) is 0 Å². The zero-order valence-electron chi connectivity index (χ0n) is 8.75. The first-order valence-corrected chi connectivity index (χ1v) is 7.61. The van der Waals surface area contributed by atoms with Gasteiger partial charge in [0.05, 0.1) is 4.90 Å². The van der Waals surface area contributed by atoms with E-state index in [4.69, 9.17) is 0 Å². The van der Waals surface area contributed by atoms with Crippen molar-refractivity contribution in [1.29, 1.82) is 0 Å². The molecule has 15 heavy (non-hydrogen) atoms. The van der Waals surface area contributed by atoms with Crippen LogP contribution in [-0.2, 0) is 10.0 Å². The number of aryl methyl sites for hydroxylation is 2. The van der Waals surface area contributed by atoms with Gasteiger partial charge in [0.15, 0.2) is 0 Å². The normalized spacial score (nSPS) is 11.7. The first-order valence-electron chi connectivity index (χ1n) is 4.60. The summed E-state index contributed by atoms with van der Waals surface area (Å²) in [6, 6.07) is 5.34. The molecule has 0 aromatic heterocycles. The number of benzene rings is 1. The van der Waals surface area contributed by atoms with Crippen LogP contribution in [-0.4, -0.2) is 19.4 Å². The number of hydrogen-bond donors (Lipinski definition) is 1. The maximum atomic E-state index is 11.8. The summed E-state index contributed by atoms with van der Waals surface area (Å²) < 4.78 is 26.9. The maximum absolute atomic E-state index is 11.8. The van der Waals surface area contributed by atoms with Crippen LogP contribution in [0.5, 0.6) is 0 Å². The Morgan fingerprint density at radius 2 is 2.00 bits per heavy atom. The van der Waals surface area contributed by atoms with Gasteiger partial charge >= 0.3 is 0 Å². The molecule has 1 rings (SSSR count). The molecule has 0 amide bonds. The molecule has 0 atom stereocenters. The summed E-state index contributed by atoms with van der Waals surface area (Å²) >= 11 is 2.13. The molecule has 1 aromatic rings. The average molecular weight is 339 g/mol. The minimum absolute atomic E-state index is 0.373. The lowest BCUT2D eigenvalue weighted by molar-refractivity contribution is 0.584. The lowest BCUT2D eigenvalue weighted by atomic mass is 10.2. The fourth-order valence-corrected chi connectivity index (χ4v) is 3.24. The van der Waals surface area contributed by atoms with Crippen molar-refractivity contribution in [2.45, 2.75) is 18.7 Å². The largest absolute Gasteiger partial charge is 0.240 e. The molecule has 0 saturated heterocycles. The molecule has 0 heterocycles. The number of rotatable bonds is 4. The van der Waals surface area contributed by atoms with Crippen LogP contribution in [0.3, 0.4) is 0 Å². The summed E-state index contributed by atoms with van der Waals surface area (Å²) in [5.41, 5.74) is 1.86. The Balaban J connectivity index is 3.05. The van der Waals surface area contributed by atoms with Crippen molar-refractivity contribution in [1.82, 2.24) is 4.72 Å². The molecule has 0 radical (unpaired) electrons. The molecule has 0 saturated carbocycles. The molecule has 0 unspecified atom stereocenters. The third kappa shape index (κ3) is 3.42. The van der Waals surface area contributed by atoms with Gasteiger partial charge in [0.2, 0.25) is 10.0 Å². The Morgan fingerprint density at radius 1 is 1.33 bits per heavy atom. The highest BCUT2D eigenvalue weighted by Gasteiger charge is 2.15. The van der Waals surface area contributed by atoms with Gasteiger partial charge in [0, 0.05) is 11.0 Å². The SMILES string of the molecule is Cc1ccc(S(=O)(=O)NCCI)c(C)c1. The average Bonchev–Trinajstić information content (AvgIpc) is 2.14. The highest BCUT2D eigenvalue weighted by atomic mass is 127. The summed E-state index contributed by atoms with van der Waals surface area (Å²) in [5, 5.41) is 0. The van der Waals surface area contributed by atoms with Crippen molar-refractivity contribution in [2.75, 3.05) is 11.0 Å². The van der Waals surface area contributed by atoms with Gasteiger partial charge in [-0.1, -0.05) is 40.3 Å². The van der Waals surface area contributed by atoms with E-state index < -0.39 is 10.0 Å². The Morgan fingerprint density at radius 3 is 2.53 bits per heavy atom. The van der Waals surface area contributed by atoms with Crippen LogP contribution in [0.25, 0.3) is 0 Å². The minimum atomic E-state index is -3.32. The minimum Gasteiger partial charge on any atom is -0.210 e. The molecule has 0 fully saturated rings. The third-order valence-electron chi connectivity index (χ3n) is 2.01. The molecular formula is C10H14INO2S. The van der Waals surface area contributed by atoms with E-state index in [0.29, 0.717) is 11.4 Å². The van der Waals surface area contributed by atoms with E-state index >= 15 is 0 Å². The second-order valence-corrected chi connectivity index (χ2v) is 6.17.